The first kappa shape index (κ1) is 71.1. The number of carbonyl (C=O) groups is 9. The molecule has 514 valence electrons. The second kappa shape index (κ2) is 31.1. The third-order valence-corrected chi connectivity index (χ3v) is 18.1. The number of ketones is 1. The minimum atomic E-state index is -1.44. The zero-order valence-electron chi connectivity index (χ0n) is 56.3. The normalized spacial score (nSPS) is 21.8. The molecule has 1 unspecified atom stereocenters. The van der Waals surface area contributed by atoms with Gasteiger partial charge in [-0.05, 0) is 71.6 Å². The first-order valence-electron chi connectivity index (χ1n) is 33.6. The monoisotopic (exact) mass is 1320 g/mol. The van der Waals surface area contributed by atoms with E-state index in [4.69, 9.17) is 9.68 Å². The van der Waals surface area contributed by atoms with Crippen LogP contribution in [-0.4, -0.2) is 158 Å². The zero-order chi connectivity index (χ0) is 69.0. The van der Waals surface area contributed by atoms with Gasteiger partial charge in [0.25, 0.3) is 11.8 Å². The van der Waals surface area contributed by atoms with Crippen molar-refractivity contribution in [3.05, 3.63) is 144 Å². The summed E-state index contributed by atoms with van der Waals surface area (Å²) in [6, 6.07) is 31.1. The van der Waals surface area contributed by atoms with Gasteiger partial charge in [-0.1, -0.05) is 200 Å². The Balaban J connectivity index is 0.000000225. The summed E-state index contributed by atoms with van der Waals surface area (Å²) >= 11 is 0. The van der Waals surface area contributed by atoms with Crippen LogP contribution in [0.25, 0.3) is 0 Å². The van der Waals surface area contributed by atoms with E-state index in [1.54, 1.807) is 0 Å². The fraction of sp³-hybridized carbons (Fsp3) is 0.514. The van der Waals surface area contributed by atoms with Crippen LogP contribution in [0.15, 0.2) is 132 Å². The lowest BCUT2D eigenvalue weighted by molar-refractivity contribution is -0.144. The molecule has 6 aliphatic rings. The highest BCUT2D eigenvalue weighted by atomic mass is 16.7. The van der Waals surface area contributed by atoms with Crippen molar-refractivity contribution in [2.45, 2.75) is 211 Å². The molecule has 0 bridgehead atoms. The summed E-state index contributed by atoms with van der Waals surface area (Å²) in [6.45, 7) is 15.5. The predicted octanol–water partition coefficient (Wildman–Crippen LogP) is 6.19. The lowest BCUT2D eigenvalue weighted by Gasteiger charge is -2.36. The van der Waals surface area contributed by atoms with Gasteiger partial charge in [-0.15, -0.1) is 0 Å². The molecule has 0 radical (unpaired) electrons. The van der Waals surface area contributed by atoms with Crippen LogP contribution >= 0.6 is 0 Å². The van der Waals surface area contributed by atoms with Gasteiger partial charge in [0.1, 0.15) is 24.2 Å². The Bertz CT molecular complexity index is 3480. The largest absolute Gasteiger partial charge is 0.387 e. The van der Waals surface area contributed by atoms with E-state index in [2.05, 4.69) is 52.8 Å². The van der Waals surface area contributed by atoms with E-state index in [1.165, 1.54) is 9.80 Å². The topological polar surface area (TPSA) is 320 Å². The molecule has 4 aromatic rings. The smallest absolute Gasteiger partial charge is 0.315 e. The first-order valence-corrected chi connectivity index (χ1v) is 33.6. The molecule has 2 aliphatic carbocycles. The van der Waals surface area contributed by atoms with Crippen LogP contribution in [0, 0.1) is 10.8 Å². The van der Waals surface area contributed by atoms with E-state index < -0.39 is 118 Å². The van der Waals surface area contributed by atoms with Crippen molar-refractivity contribution in [2.24, 2.45) is 21.1 Å². The highest BCUT2D eigenvalue weighted by Crippen LogP contribution is 2.42. The summed E-state index contributed by atoms with van der Waals surface area (Å²) in [7, 11) is 0. The van der Waals surface area contributed by atoms with Crippen LogP contribution in [0.1, 0.15) is 155 Å². The summed E-state index contributed by atoms with van der Waals surface area (Å²) in [5.41, 5.74) is 1.57. The number of urea groups is 2. The van der Waals surface area contributed by atoms with Crippen LogP contribution in [0.5, 0.6) is 0 Å². The summed E-state index contributed by atoms with van der Waals surface area (Å²) in [5.74, 6) is -3.92. The second-order valence-electron chi connectivity index (χ2n) is 28.4. The molecule has 9 atom stereocenters. The highest BCUT2D eigenvalue weighted by molar-refractivity contribution is 6.38. The van der Waals surface area contributed by atoms with E-state index in [0.717, 1.165) is 47.9 Å². The van der Waals surface area contributed by atoms with Gasteiger partial charge >= 0.3 is 12.1 Å². The maximum absolute atomic E-state index is 14.5. The van der Waals surface area contributed by atoms with Crippen molar-refractivity contribution in [1.29, 1.82) is 0 Å². The summed E-state index contributed by atoms with van der Waals surface area (Å²) in [4.78, 5) is 137. The van der Waals surface area contributed by atoms with Gasteiger partial charge in [-0.25, -0.2) is 9.59 Å². The SMILES string of the molecule is CCC[C@H](NC(=O)[C@@H]1C[C@]2(CC(c3ccccc3)=NO2)CN1C(=O)[C@@H](NC(=O)NCc1ccccc1)C(C)(C)C)C(=O)C(=O)NC1CC1.CCC[C@H](NC(=O)[C@@H]1C[C@]2(CC(c3ccccc3)=NO2)CN1C(=O)[C@@H](NC(=O)NCc1ccccc1)C(C)(C)C)C(O)C(=O)NC1CC1. The number of hydrogen-bond acceptors (Lipinski definition) is 14. The fourth-order valence-electron chi connectivity index (χ4n) is 12.4. The lowest BCUT2D eigenvalue weighted by atomic mass is 9.85. The molecule has 2 saturated heterocycles. The third-order valence-electron chi connectivity index (χ3n) is 18.1. The third kappa shape index (κ3) is 18.6. The van der Waals surface area contributed by atoms with E-state index in [-0.39, 0.29) is 57.5 Å². The lowest BCUT2D eigenvalue weighted by Crippen LogP contribution is -2.60. The maximum Gasteiger partial charge on any atom is 0.315 e. The Morgan fingerprint density at radius 2 is 0.938 bits per heavy atom. The number of likely N-dealkylation sites (tertiary alicyclic amines) is 2. The van der Waals surface area contributed by atoms with Crippen molar-refractivity contribution in [3.63, 3.8) is 0 Å². The van der Waals surface area contributed by atoms with E-state index >= 15 is 0 Å². The molecule has 2 spiro atoms. The molecule has 96 heavy (non-hydrogen) atoms. The van der Waals surface area contributed by atoms with Gasteiger partial charge in [-0.3, -0.25) is 33.6 Å². The van der Waals surface area contributed by atoms with Crippen LogP contribution in [0.4, 0.5) is 9.59 Å². The molecule has 10 amide bonds. The molecule has 4 heterocycles. The molecule has 4 aromatic carbocycles. The standard InChI is InChI=1S/C36H48N6O6.C36H46N6O6/c2*1-5-12-26(29(43)32(45)38-25-17-18-25)39-31(44)28-20-36(19-27(41-48-36)24-15-10-7-11-16-24)22-42(28)33(46)30(35(2,3)4)40-34(47)37-21-23-13-8-6-9-14-23/h6-11,13-16,25-26,28-30,43H,5,12,17-22H2,1-4H3,(H,38,45)(H,39,44)(H2,37,40,47);6-11,13-16,25-26,28,30H,5,12,17-22H2,1-4H3,(H,38,45)(H,39,44)(H2,37,40,47)/t26-,28-,29?,30+,36+;26-,28-,30+,36+/m00/s1. The fourth-order valence-corrected chi connectivity index (χ4v) is 12.4. The highest BCUT2D eigenvalue weighted by Gasteiger charge is 2.58. The Labute approximate surface area is 561 Å². The molecule has 10 rings (SSSR count). The molecule has 24 nitrogen and oxygen atoms in total. The van der Waals surface area contributed by atoms with Crippen molar-refractivity contribution >= 4 is 64.7 Å². The predicted molar refractivity (Wildman–Crippen MR) is 360 cm³/mol. The van der Waals surface area contributed by atoms with E-state index in [1.807, 2.05) is 177 Å². The number of hydrogen-bond donors (Lipinski definition) is 9. The Morgan fingerprint density at radius 1 is 0.542 bits per heavy atom. The van der Waals surface area contributed by atoms with Crippen molar-refractivity contribution in [1.82, 2.24) is 52.3 Å². The Hall–Kier alpha value is -9.19. The van der Waals surface area contributed by atoms with Crippen LogP contribution in [0.3, 0.4) is 0 Å². The number of aliphatic hydroxyl groups excluding tert-OH is 1. The number of amides is 10. The zero-order valence-corrected chi connectivity index (χ0v) is 56.3. The van der Waals surface area contributed by atoms with Crippen LogP contribution in [-0.2, 0) is 56.3 Å². The number of carbonyl (C=O) groups excluding carboxylic acids is 9. The number of nitrogens with one attached hydrogen (secondary N) is 8. The van der Waals surface area contributed by atoms with Gasteiger partial charge in [0.15, 0.2) is 17.3 Å². The number of aliphatic hydroxyl groups is 1. The number of Topliss-reactive ketones (excluding diaryl/α,β-unsaturated/α-hetero) is 1. The molecular weight excluding hydrogens is 1220 g/mol. The second-order valence-corrected chi connectivity index (χ2v) is 28.4. The molecule has 4 aliphatic heterocycles. The maximum atomic E-state index is 14.5. The van der Waals surface area contributed by atoms with Crippen LogP contribution < -0.4 is 42.5 Å². The van der Waals surface area contributed by atoms with Gasteiger partial charge in [-0.2, -0.15) is 0 Å². The molecular formula is C72H94N12O12. The van der Waals surface area contributed by atoms with Gasteiger partial charge in [0, 0.05) is 50.9 Å². The molecule has 4 fully saturated rings. The quantitative estimate of drug-likeness (QED) is 0.0355. The summed E-state index contributed by atoms with van der Waals surface area (Å²) in [6.07, 6.45) is 4.72. The summed E-state index contributed by atoms with van der Waals surface area (Å²) in [5, 5.41) is 42.2. The minimum absolute atomic E-state index is 0.00715. The molecule has 9 N–H and O–H groups in total. The van der Waals surface area contributed by atoms with E-state index in [0.29, 0.717) is 43.5 Å². The van der Waals surface area contributed by atoms with Gasteiger partial charge in [0.05, 0.1) is 36.6 Å². The van der Waals surface area contributed by atoms with Crippen molar-refractivity contribution in [3.8, 4) is 0 Å². The number of oxime groups is 2. The summed E-state index contributed by atoms with van der Waals surface area (Å²) < 4.78 is 0. The average Bonchev–Trinajstić information content (AvgIpc) is 1.61. The van der Waals surface area contributed by atoms with Gasteiger partial charge < -0.3 is 67.1 Å². The molecule has 24 heteroatoms. The van der Waals surface area contributed by atoms with Crippen molar-refractivity contribution in [2.75, 3.05) is 13.1 Å². The molecule has 2 saturated carbocycles. The number of nitrogens with zero attached hydrogens (tertiary/aromatic N) is 4. The number of benzene rings is 4. The van der Waals surface area contributed by atoms with Crippen LogP contribution in [0.2, 0.25) is 0 Å². The van der Waals surface area contributed by atoms with E-state index in [9.17, 15) is 48.3 Å². The molecule has 0 aromatic heterocycles. The Morgan fingerprint density at radius 3 is 1.33 bits per heavy atom. The van der Waals surface area contributed by atoms with Gasteiger partial charge in [0.2, 0.25) is 29.4 Å². The Kier molecular flexibility index (Phi) is 23.1. The first-order chi connectivity index (χ1) is 45.8. The minimum Gasteiger partial charge on any atom is -0.387 e. The number of rotatable bonds is 24. The average molecular weight is 1320 g/mol. The van der Waals surface area contributed by atoms with Crippen molar-refractivity contribution < 1.29 is 57.9 Å².